The molecule has 7 heteroatoms. The van der Waals surface area contributed by atoms with Gasteiger partial charge in [0, 0.05) is 23.2 Å². The van der Waals surface area contributed by atoms with Crippen molar-refractivity contribution >= 4 is 45.3 Å². The third kappa shape index (κ3) is 6.26. The summed E-state index contributed by atoms with van der Waals surface area (Å²) in [4.78, 5) is 31.4. The molecule has 0 atom stereocenters. The number of hydrogen-bond acceptors (Lipinski definition) is 6. The van der Waals surface area contributed by atoms with Gasteiger partial charge in [-0.1, -0.05) is 32.5 Å². The second-order valence-corrected chi connectivity index (χ2v) is 7.34. The van der Waals surface area contributed by atoms with Gasteiger partial charge in [-0.2, -0.15) is 0 Å². The predicted molar refractivity (Wildman–Crippen MR) is 134 cm³/mol. The molecule has 2 aromatic carbocycles. The standard InChI is InChI=1S/C12H10ClNO2.C12H11NO2.2CH4/c1-7-3-8-5-9(13)6-14-11(8)10(4-7)12(15)16-2;1-8-6-9-4-3-5-13-11(9)10(7-8)12(14)15-2;;/h3-6H,1-2H3;3-7H,1-2H3;2*1H4. The zero-order valence-electron chi connectivity index (χ0n) is 17.6. The van der Waals surface area contributed by atoms with E-state index < -0.39 is 0 Å². The van der Waals surface area contributed by atoms with Crippen LogP contribution in [0.5, 0.6) is 0 Å². The molecule has 0 aliphatic heterocycles. The van der Waals surface area contributed by atoms with Crippen molar-refractivity contribution in [2.45, 2.75) is 28.7 Å². The van der Waals surface area contributed by atoms with Gasteiger partial charge in [0.15, 0.2) is 0 Å². The van der Waals surface area contributed by atoms with Gasteiger partial charge in [0.05, 0.1) is 41.4 Å². The lowest BCUT2D eigenvalue weighted by molar-refractivity contribution is 0.0593. The number of halogens is 1. The van der Waals surface area contributed by atoms with E-state index in [9.17, 15) is 9.59 Å². The van der Waals surface area contributed by atoms with Crippen molar-refractivity contribution in [2.75, 3.05) is 14.2 Å². The lowest BCUT2D eigenvalue weighted by Crippen LogP contribution is -2.03. The van der Waals surface area contributed by atoms with Gasteiger partial charge >= 0.3 is 11.9 Å². The highest BCUT2D eigenvalue weighted by molar-refractivity contribution is 6.31. The van der Waals surface area contributed by atoms with Crippen molar-refractivity contribution in [3.05, 3.63) is 82.1 Å². The van der Waals surface area contributed by atoms with E-state index in [1.54, 1.807) is 24.4 Å². The van der Waals surface area contributed by atoms with Crippen molar-refractivity contribution in [1.82, 2.24) is 9.97 Å². The lowest BCUT2D eigenvalue weighted by atomic mass is 10.1. The first-order valence-electron chi connectivity index (χ1n) is 9.42. The zero-order valence-corrected chi connectivity index (χ0v) is 18.4. The number of ether oxygens (including phenoxy) is 2. The van der Waals surface area contributed by atoms with Gasteiger partial charge in [-0.25, -0.2) is 9.59 Å². The number of nitrogens with zero attached hydrogens (tertiary/aromatic N) is 2. The molecule has 0 radical (unpaired) electrons. The highest BCUT2D eigenvalue weighted by Crippen LogP contribution is 2.23. The number of fused-ring (bicyclic) bond motifs is 2. The van der Waals surface area contributed by atoms with Crippen molar-refractivity contribution in [3.8, 4) is 0 Å². The van der Waals surface area contributed by atoms with Crippen LogP contribution in [-0.2, 0) is 9.47 Å². The summed E-state index contributed by atoms with van der Waals surface area (Å²) in [5.41, 5.74) is 4.28. The van der Waals surface area contributed by atoms with Crippen molar-refractivity contribution in [3.63, 3.8) is 0 Å². The van der Waals surface area contributed by atoms with E-state index in [0.717, 1.165) is 21.9 Å². The molecule has 33 heavy (non-hydrogen) atoms. The van der Waals surface area contributed by atoms with Crippen LogP contribution >= 0.6 is 11.6 Å². The molecule has 4 aromatic rings. The number of rotatable bonds is 2. The van der Waals surface area contributed by atoms with E-state index in [1.807, 2.05) is 38.1 Å². The Morgan fingerprint density at radius 3 is 1.85 bits per heavy atom. The quantitative estimate of drug-likeness (QED) is 0.309. The molecule has 0 unspecified atom stereocenters. The summed E-state index contributed by atoms with van der Waals surface area (Å²) >= 11 is 5.86. The van der Waals surface area contributed by atoms with E-state index in [2.05, 4.69) is 9.97 Å². The van der Waals surface area contributed by atoms with Crippen LogP contribution in [0, 0.1) is 13.8 Å². The van der Waals surface area contributed by atoms with E-state index >= 15 is 0 Å². The van der Waals surface area contributed by atoms with Crippen LogP contribution in [0.1, 0.15) is 46.7 Å². The third-order valence-corrected chi connectivity index (χ3v) is 4.76. The Balaban J connectivity index is 0.000000312. The highest BCUT2D eigenvalue weighted by atomic mass is 35.5. The Hall–Kier alpha value is -3.51. The Morgan fingerprint density at radius 2 is 1.30 bits per heavy atom. The van der Waals surface area contributed by atoms with Crippen LogP contribution in [0.3, 0.4) is 0 Å². The minimum absolute atomic E-state index is 0. The van der Waals surface area contributed by atoms with Crippen LogP contribution in [0.25, 0.3) is 21.8 Å². The van der Waals surface area contributed by atoms with Gasteiger partial charge in [-0.15, -0.1) is 0 Å². The van der Waals surface area contributed by atoms with Gasteiger partial charge < -0.3 is 9.47 Å². The number of benzene rings is 2. The summed E-state index contributed by atoms with van der Waals surface area (Å²) in [6.07, 6.45) is 3.19. The molecule has 0 aliphatic rings. The number of carbonyl (C=O) groups excluding carboxylic acids is 2. The Bertz CT molecular complexity index is 1280. The number of aromatic nitrogens is 2. The normalized spacial score (nSPS) is 9.73. The highest BCUT2D eigenvalue weighted by Gasteiger charge is 2.13. The number of aryl methyl sites for hydroxylation is 2. The molecule has 0 N–H and O–H groups in total. The molecule has 0 saturated heterocycles. The zero-order chi connectivity index (χ0) is 22.5. The Kier molecular flexibility index (Phi) is 9.95. The van der Waals surface area contributed by atoms with Crippen molar-refractivity contribution in [2.24, 2.45) is 0 Å². The maximum Gasteiger partial charge on any atom is 0.340 e. The molecule has 0 aliphatic carbocycles. The van der Waals surface area contributed by atoms with Crippen molar-refractivity contribution in [1.29, 1.82) is 0 Å². The van der Waals surface area contributed by atoms with Gasteiger partial charge in [-0.05, 0) is 61.4 Å². The molecule has 174 valence electrons. The Labute approximate surface area is 199 Å². The van der Waals surface area contributed by atoms with Crippen LogP contribution in [-0.4, -0.2) is 36.1 Å². The molecule has 0 fully saturated rings. The largest absolute Gasteiger partial charge is 0.465 e. The summed E-state index contributed by atoms with van der Waals surface area (Å²) < 4.78 is 9.44. The second kappa shape index (κ2) is 11.9. The molecule has 0 saturated carbocycles. The summed E-state index contributed by atoms with van der Waals surface area (Å²) in [6.45, 7) is 3.85. The minimum Gasteiger partial charge on any atom is -0.465 e. The first-order valence-corrected chi connectivity index (χ1v) is 9.79. The number of pyridine rings is 2. The molecular weight excluding hydrogens is 440 g/mol. The fourth-order valence-electron chi connectivity index (χ4n) is 3.25. The van der Waals surface area contributed by atoms with Gasteiger partial charge in [0.2, 0.25) is 0 Å². The SMILES string of the molecule is C.C.COC(=O)c1cc(C)cc2cc(Cl)cnc12.COC(=O)c1cc(C)cc2cccnc12. The van der Waals surface area contributed by atoms with E-state index in [1.165, 1.54) is 20.4 Å². The first kappa shape index (κ1) is 27.5. The van der Waals surface area contributed by atoms with Gasteiger partial charge in [0.1, 0.15) is 0 Å². The fraction of sp³-hybridized carbons (Fsp3) is 0.231. The van der Waals surface area contributed by atoms with Crippen LogP contribution in [0.2, 0.25) is 5.02 Å². The average Bonchev–Trinajstić information content (AvgIpc) is 2.76. The maximum absolute atomic E-state index is 11.6. The predicted octanol–water partition coefficient (Wildman–Crippen LogP) is 6.59. The van der Waals surface area contributed by atoms with Crippen LogP contribution in [0.4, 0.5) is 0 Å². The molecule has 0 amide bonds. The number of esters is 2. The molecule has 2 heterocycles. The molecule has 4 rings (SSSR count). The smallest absolute Gasteiger partial charge is 0.340 e. The molecule has 0 spiro atoms. The summed E-state index contributed by atoms with van der Waals surface area (Å²) in [5, 5.41) is 2.35. The van der Waals surface area contributed by atoms with E-state index in [4.69, 9.17) is 21.1 Å². The van der Waals surface area contributed by atoms with E-state index in [0.29, 0.717) is 27.2 Å². The number of carbonyl (C=O) groups is 2. The third-order valence-electron chi connectivity index (χ3n) is 4.55. The summed E-state index contributed by atoms with van der Waals surface area (Å²) in [5.74, 6) is -0.731. The van der Waals surface area contributed by atoms with Crippen LogP contribution < -0.4 is 0 Å². The fourth-order valence-corrected chi connectivity index (χ4v) is 3.41. The minimum atomic E-state index is -0.386. The maximum atomic E-state index is 11.6. The van der Waals surface area contributed by atoms with Crippen molar-refractivity contribution < 1.29 is 19.1 Å². The van der Waals surface area contributed by atoms with Gasteiger partial charge in [0.25, 0.3) is 0 Å². The van der Waals surface area contributed by atoms with Gasteiger partial charge in [-0.3, -0.25) is 9.97 Å². The number of methoxy groups -OCH3 is 2. The molecule has 6 nitrogen and oxygen atoms in total. The first-order chi connectivity index (χ1) is 14.8. The van der Waals surface area contributed by atoms with Crippen LogP contribution in [0.15, 0.2) is 54.9 Å². The molecule has 0 bridgehead atoms. The number of hydrogen-bond donors (Lipinski definition) is 0. The lowest BCUT2D eigenvalue weighted by Gasteiger charge is -2.06. The van der Waals surface area contributed by atoms with E-state index in [-0.39, 0.29) is 26.8 Å². The summed E-state index contributed by atoms with van der Waals surface area (Å²) in [6, 6.07) is 13.0. The second-order valence-electron chi connectivity index (χ2n) is 6.91. The summed E-state index contributed by atoms with van der Waals surface area (Å²) in [7, 11) is 2.73. The Morgan fingerprint density at radius 1 is 0.788 bits per heavy atom. The molecule has 2 aromatic heterocycles. The topological polar surface area (TPSA) is 78.4 Å². The average molecular weight is 469 g/mol. The molecular formula is C26H29ClN2O4. The monoisotopic (exact) mass is 468 g/mol.